The number of thiazole rings is 1. The van der Waals surface area contributed by atoms with Gasteiger partial charge in [-0.25, -0.2) is 4.98 Å². The van der Waals surface area contributed by atoms with E-state index in [1.54, 1.807) is 5.38 Å². The van der Waals surface area contributed by atoms with Crippen molar-refractivity contribution in [2.75, 3.05) is 0 Å². The minimum atomic E-state index is -0.473. The van der Waals surface area contributed by atoms with Crippen molar-refractivity contribution in [2.45, 2.75) is 26.3 Å². The SMILES string of the molecule is CCC(NC(=O)c1csc(C)n1)C(N)=NO. The number of nitrogens with two attached hydrogens (primary N) is 1. The van der Waals surface area contributed by atoms with Crippen LogP contribution < -0.4 is 11.1 Å². The Bertz CT molecular complexity index is 402. The number of aryl methyl sites for hydroxylation is 1. The topological polar surface area (TPSA) is 101 Å². The third kappa shape index (κ3) is 2.93. The van der Waals surface area contributed by atoms with Crippen LogP contribution in [0.15, 0.2) is 10.5 Å². The summed E-state index contributed by atoms with van der Waals surface area (Å²) in [6, 6.07) is -0.473. The van der Waals surface area contributed by atoms with Gasteiger partial charge in [0.05, 0.1) is 11.0 Å². The Morgan fingerprint density at radius 2 is 2.50 bits per heavy atom. The molecule has 1 aromatic heterocycles. The van der Waals surface area contributed by atoms with Crippen molar-refractivity contribution >= 4 is 23.1 Å². The number of rotatable bonds is 4. The van der Waals surface area contributed by atoms with Crippen molar-refractivity contribution in [3.63, 3.8) is 0 Å². The second-order valence-corrected chi connectivity index (χ2v) is 4.27. The van der Waals surface area contributed by atoms with Gasteiger partial charge in [-0.1, -0.05) is 12.1 Å². The van der Waals surface area contributed by atoms with Gasteiger partial charge in [-0.05, 0) is 13.3 Å². The highest BCUT2D eigenvalue weighted by Gasteiger charge is 2.17. The van der Waals surface area contributed by atoms with Gasteiger partial charge in [0.2, 0.25) is 0 Å². The number of nitrogens with zero attached hydrogens (tertiary/aromatic N) is 2. The average Bonchev–Trinajstić information content (AvgIpc) is 2.71. The third-order valence-electron chi connectivity index (χ3n) is 2.04. The quantitative estimate of drug-likeness (QED) is 0.313. The fourth-order valence-electron chi connectivity index (χ4n) is 1.15. The maximum Gasteiger partial charge on any atom is 0.271 e. The lowest BCUT2D eigenvalue weighted by atomic mass is 10.2. The molecule has 4 N–H and O–H groups in total. The molecule has 0 saturated carbocycles. The Hall–Kier alpha value is -1.63. The molecule has 88 valence electrons. The number of hydrogen-bond acceptors (Lipinski definition) is 5. The van der Waals surface area contributed by atoms with Crippen molar-refractivity contribution in [1.29, 1.82) is 0 Å². The summed E-state index contributed by atoms with van der Waals surface area (Å²) in [7, 11) is 0. The molecule has 7 heteroatoms. The summed E-state index contributed by atoms with van der Waals surface area (Å²) in [6.45, 7) is 3.65. The lowest BCUT2D eigenvalue weighted by molar-refractivity contribution is 0.0941. The van der Waals surface area contributed by atoms with Crippen LogP contribution in [0, 0.1) is 6.92 Å². The Balaban J connectivity index is 2.70. The first-order valence-electron chi connectivity index (χ1n) is 4.78. The van der Waals surface area contributed by atoms with E-state index < -0.39 is 6.04 Å². The van der Waals surface area contributed by atoms with E-state index in [9.17, 15) is 4.79 Å². The second kappa shape index (κ2) is 5.45. The predicted molar refractivity (Wildman–Crippen MR) is 61.8 cm³/mol. The van der Waals surface area contributed by atoms with E-state index in [1.807, 2.05) is 13.8 Å². The zero-order valence-corrected chi connectivity index (χ0v) is 9.91. The Labute approximate surface area is 97.2 Å². The van der Waals surface area contributed by atoms with E-state index in [-0.39, 0.29) is 11.7 Å². The van der Waals surface area contributed by atoms with Gasteiger partial charge in [0.15, 0.2) is 5.84 Å². The first-order chi connectivity index (χ1) is 7.58. The summed E-state index contributed by atoms with van der Waals surface area (Å²) in [4.78, 5) is 15.7. The molecule has 0 radical (unpaired) electrons. The number of carbonyl (C=O) groups is 1. The molecule has 1 atom stereocenters. The summed E-state index contributed by atoms with van der Waals surface area (Å²) < 4.78 is 0. The molecule has 1 amide bonds. The van der Waals surface area contributed by atoms with Crippen LogP contribution in [-0.4, -0.2) is 28.0 Å². The van der Waals surface area contributed by atoms with E-state index >= 15 is 0 Å². The normalized spacial score (nSPS) is 13.5. The first-order valence-corrected chi connectivity index (χ1v) is 5.66. The molecule has 0 fully saturated rings. The Morgan fingerprint density at radius 1 is 1.81 bits per heavy atom. The number of carbonyl (C=O) groups excluding carboxylic acids is 1. The molecule has 0 aliphatic heterocycles. The fourth-order valence-corrected chi connectivity index (χ4v) is 1.75. The van der Waals surface area contributed by atoms with Crippen LogP contribution in [0.25, 0.3) is 0 Å². The largest absolute Gasteiger partial charge is 0.409 e. The van der Waals surface area contributed by atoms with Gasteiger partial charge in [0.25, 0.3) is 5.91 Å². The van der Waals surface area contributed by atoms with Crippen molar-refractivity contribution < 1.29 is 10.0 Å². The standard InChI is InChI=1S/C9H14N4O2S/c1-3-6(8(10)13-15)12-9(14)7-4-16-5(2)11-7/h4,6,15H,3H2,1-2H3,(H2,10,13)(H,12,14). The average molecular weight is 242 g/mol. The lowest BCUT2D eigenvalue weighted by Gasteiger charge is -2.14. The molecule has 0 aliphatic rings. The zero-order valence-electron chi connectivity index (χ0n) is 9.10. The van der Waals surface area contributed by atoms with Gasteiger partial charge in [-0.2, -0.15) is 0 Å². The Kier molecular flexibility index (Phi) is 4.24. The number of aromatic nitrogens is 1. The molecule has 0 aliphatic carbocycles. The minimum Gasteiger partial charge on any atom is -0.409 e. The van der Waals surface area contributed by atoms with E-state index in [4.69, 9.17) is 10.9 Å². The predicted octanol–water partition coefficient (Wildman–Crippen LogP) is 0.706. The Morgan fingerprint density at radius 3 is 2.94 bits per heavy atom. The van der Waals surface area contributed by atoms with E-state index in [1.165, 1.54) is 11.3 Å². The summed E-state index contributed by atoms with van der Waals surface area (Å²) in [6.07, 6.45) is 0.546. The molecule has 0 aromatic carbocycles. The van der Waals surface area contributed by atoms with Crippen LogP contribution in [0.5, 0.6) is 0 Å². The molecule has 1 unspecified atom stereocenters. The van der Waals surface area contributed by atoms with Crippen LogP contribution in [0.2, 0.25) is 0 Å². The second-order valence-electron chi connectivity index (χ2n) is 3.21. The number of amidine groups is 1. The minimum absolute atomic E-state index is 0.0113. The van der Waals surface area contributed by atoms with Crippen LogP contribution >= 0.6 is 11.3 Å². The third-order valence-corrected chi connectivity index (χ3v) is 2.81. The molecular weight excluding hydrogens is 228 g/mol. The highest BCUT2D eigenvalue weighted by molar-refractivity contribution is 7.09. The zero-order chi connectivity index (χ0) is 12.1. The highest BCUT2D eigenvalue weighted by Crippen LogP contribution is 2.08. The van der Waals surface area contributed by atoms with E-state index in [0.717, 1.165) is 5.01 Å². The van der Waals surface area contributed by atoms with E-state index in [0.29, 0.717) is 12.1 Å². The first kappa shape index (κ1) is 12.4. The molecular formula is C9H14N4O2S. The van der Waals surface area contributed by atoms with Crippen LogP contribution in [0.1, 0.15) is 28.8 Å². The molecule has 0 spiro atoms. The smallest absolute Gasteiger partial charge is 0.271 e. The summed E-state index contributed by atoms with van der Waals surface area (Å²) in [5.74, 6) is -0.328. The maximum atomic E-state index is 11.7. The molecule has 6 nitrogen and oxygen atoms in total. The summed E-state index contributed by atoms with van der Waals surface area (Å²) >= 11 is 1.40. The molecule has 16 heavy (non-hydrogen) atoms. The number of oxime groups is 1. The van der Waals surface area contributed by atoms with Gasteiger partial charge in [0.1, 0.15) is 5.69 Å². The number of amides is 1. The van der Waals surface area contributed by atoms with Crippen LogP contribution in [-0.2, 0) is 0 Å². The monoisotopic (exact) mass is 242 g/mol. The van der Waals surface area contributed by atoms with Crippen LogP contribution in [0.4, 0.5) is 0 Å². The maximum absolute atomic E-state index is 11.7. The molecule has 1 rings (SSSR count). The van der Waals surface area contributed by atoms with Gasteiger partial charge in [-0.15, -0.1) is 11.3 Å². The number of nitrogens with one attached hydrogen (secondary N) is 1. The van der Waals surface area contributed by atoms with Crippen molar-refractivity contribution in [2.24, 2.45) is 10.9 Å². The van der Waals surface area contributed by atoms with E-state index in [2.05, 4.69) is 15.5 Å². The van der Waals surface area contributed by atoms with Crippen molar-refractivity contribution in [1.82, 2.24) is 10.3 Å². The van der Waals surface area contributed by atoms with Crippen molar-refractivity contribution in [3.8, 4) is 0 Å². The lowest BCUT2D eigenvalue weighted by Crippen LogP contribution is -2.44. The summed E-state index contributed by atoms with van der Waals surface area (Å²) in [5, 5.41) is 16.5. The number of hydrogen-bond donors (Lipinski definition) is 3. The molecule has 0 saturated heterocycles. The van der Waals surface area contributed by atoms with Gasteiger partial charge >= 0.3 is 0 Å². The van der Waals surface area contributed by atoms with Crippen LogP contribution in [0.3, 0.4) is 0 Å². The van der Waals surface area contributed by atoms with Gasteiger partial charge in [-0.3, -0.25) is 4.79 Å². The van der Waals surface area contributed by atoms with Gasteiger partial charge < -0.3 is 16.3 Å². The molecule has 1 heterocycles. The fraction of sp³-hybridized carbons (Fsp3) is 0.444. The molecule has 0 bridgehead atoms. The van der Waals surface area contributed by atoms with Gasteiger partial charge in [0, 0.05) is 5.38 Å². The highest BCUT2D eigenvalue weighted by atomic mass is 32.1. The van der Waals surface area contributed by atoms with Crippen molar-refractivity contribution in [3.05, 3.63) is 16.1 Å². The summed E-state index contributed by atoms with van der Waals surface area (Å²) in [5.41, 5.74) is 5.78. The molecule has 1 aromatic rings.